The van der Waals surface area contributed by atoms with Crippen molar-refractivity contribution in [3.63, 3.8) is 0 Å². The van der Waals surface area contributed by atoms with Crippen LogP contribution in [0.15, 0.2) is 18.2 Å². The van der Waals surface area contributed by atoms with E-state index in [2.05, 4.69) is 16.0 Å². The van der Waals surface area contributed by atoms with Crippen LogP contribution in [0.3, 0.4) is 0 Å². The van der Waals surface area contributed by atoms with Crippen molar-refractivity contribution in [2.75, 3.05) is 19.7 Å². The van der Waals surface area contributed by atoms with Crippen LogP contribution in [0.25, 0.3) is 0 Å². The first-order valence-corrected chi connectivity index (χ1v) is 8.94. The fraction of sp³-hybridized carbons (Fsp3) is 0.579. The molecule has 1 saturated heterocycles. The Morgan fingerprint density at radius 2 is 1.84 bits per heavy atom. The number of hydrogen-bond donors (Lipinski definition) is 3. The summed E-state index contributed by atoms with van der Waals surface area (Å²) in [5, 5.41) is 8.99. The number of amides is 2. The summed E-state index contributed by atoms with van der Waals surface area (Å²) in [6.07, 6.45) is 1.68. The van der Waals surface area contributed by atoms with Crippen molar-refractivity contribution in [3.8, 4) is 5.75 Å². The Morgan fingerprint density at radius 3 is 2.48 bits per heavy atom. The smallest absolute Gasteiger partial charge is 0.229 e. The van der Waals surface area contributed by atoms with Gasteiger partial charge in [-0.2, -0.15) is 0 Å². The molecule has 1 heterocycles. The molecule has 0 aliphatic carbocycles. The van der Waals surface area contributed by atoms with Gasteiger partial charge in [-0.3, -0.25) is 9.59 Å². The molecule has 0 bridgehead atoms. The standard InChI is InChI=1S/C19H29N3O3/c1-13-5-4-6-14(2)19(13)25-12-15(3)21-17(23)11-18(24)22-16-7-9-20-10-8-16/h4-6,15-16,20H,7-12H2,1-3H3,(H,21,23)(H,22,24). The molecule has 1 aromatic carbocycles. The van der Waals surface area contributed by atoms with E-state index in [0.29, 0.717) is 6.61 Å². The van der Waals surface area contributed by atoms with Crippen molar-refractivity contribution in [3.05, 3.63) is 29.3 Å². The summed E-state index contributed by atoms with van der Waals surface area (Å²) in [5.41, 5.74) is 2.14. The average molecular weight is 347 g/mol. The molecule has 0 radical (unpaired) electrons. The van der Waals surface area contributed by atoms with Crippen LogP contribution < -0.4 is 20.7 Å². The van der Waals surface area contributed by atoms with Gasteiger partial charge in [0, 0.05) is 6.04 Å². The van der Waals surface area contributed by atoms with E-state index < -0.39 is 0 Å². The van der Waals surface area contributed by atoms with Crippen LogP contribution in [0.4, 0.5) is 0 Å². The Labute approximate surface area is 149 Å². The lowest BCUT2D eigenvalue weighted by Gasteiger charge is -2.23. The average Bonchev–Trinajstić information content (AvgIpc) is 2.55. The largest absolute Gasteiger partial charge is 0.491 e. The summed E-state index contributed by atoms with van der Waals surface area (Å²) >= 11 is 0. The quantitative estimate of drug-likeness (QED) is 0.652. The van der Waals surface area contributed by atoms with Gasteiger partial charge in [0.25, 0.3) is 0 Å². The van der Waals surface area contributed by atoms with Gasteiger partial charge in [-0.05, 0) is 57.8 Å². The molecule has 0 aromatic heterocycles. The molecule has 1 unspecified atom stereocenters. The second kappa shape index (κ2) is 9.42. The van der Waals surface area contributed by atoms with Gasteiger partial charge in [-0.1, -0.05) is 18.2 Å². The van der Waals surface area contributed by atoms with E-state index in [1.165, 1.54) is 0 Å². The van der Waals surface area contributed by atoms with Gasteiger partial charge in [-0.15, -0.1) is 0 Å². The van der Waals surface area contributed by atoms with Crippen molar-refractivity contribution in [2.45, 2.75) is 52.1 Å². The number of para-hydroxylation sites is 1. The van der Waals surface area contributed by atoms with E-state index in [1.807, 2.05) is 39.0 Å². The van der Waals surface area contributed by atoms with Gasteiger partial charge in [-0.25, -0.2) is 0 Å². The van der Waals surface area contributed by atoms with Crippen molar-refractivity contribution < 1.29 is 14.3 Å². The third-order valence-electron chi connectivity index (χ3n) is 4.32. The van der Waals surface area contributed by atoms with Gasteiger partial charge in [0.15, 0.2) is 0 Å². The molecule has 2 rings (SSSR count). The Hall–Kier alpha value is -2.08. The summed E-state index contributed by atoms with van der Waals surface area (Å²) < 4.78 is 5.83. The number of carbonyl (C=O) groups excluding carboxylic acids is 2. The summed E-state index contributed by atoms with van der Waals surface area (Å²) in [6, 6.07) is 5.99. The fourth-order valence-corrected chi connectivity index (χ4v) is 2.99. The minimum atomic E-state index is -0.274. The summed E-state index contributed by atoms with van der Waals surface area (Å²) in [4.78, 5) is 24.0. The lowest BCUT2D eigenvalue weighted by molar-refractivity contribution is -0.130. The third-order valence-corrected chi connectivity index (χ3v) is 4.32. The van der Waals surface area contributed by atoms with Crippen molar-refractivity contribution in [1.29, 1.82) is 0 Å². The highest BCUT2D eigenvalue weighted by Gasteiger charge is 2.18. The molecule has 138 valence electrons. The second-order valence-electron chi connectivity index (χ2n) is 6.77. The zero-order valence-electron chi connectivity index (χ0n) is 15.4. The normalized spacial score (nSPS) is 16.1. The lowest BCUT2D eigenvalue weighted by Crippen LogP contribution is -2.45. The first kappa shape index (κ1) is 19.2. The molecule has 0 saturated carbocycles. The van der Waals surface area contributed by atoms with Crippen LogP contribution in [0.5, 0.6) is 5.75 Å². The first-order chi connectivity index (χ1) is 12.0. The minimum absolute atomic E-state index is 0.141. The highest BCUT2D eigenvalue weighted by atomic mass is 16.5. The van der Waals surface area contributed by atoms with Gasteiger partial charge >= 0.3 is 0 Å². The minimum Gasteiger partial charge on any atom is -0.491 e. The van der Waals surface area contributed by atoms with Gasteiger partial charge in [0.05, 0.1) is 6.04 Å². The maximum Gasteiger partial charge on any atom is 0.229 e. The zero-order valence-corrected chi connectivity index (χ0v) is 15.4. The Balaban J connectivity index is 1.71. The highest BCUT2D eigenvalue weighted by Crippen LogP contribution is 2.22. The number of nitrogens with one attached hydrogen (secondary N) is 3. The first-order valence-electron chi connectivity index (χ1n) is 8.94. The molecule has 3 N–H and O–H groups in total. The van der Waals surface area contributed by atoms with Gasteiger partial charge < -0.3 is 20.7 Å². The third kappa shape index (κ3) is 6.38. The van der Waals surface area contributed by atoms with E-state index in [9.17, 15) is 9.59 Å². The van der Waals surface area contributed by atoms with E-state index in [4.69, 9.17) is 4.74 Å². The van der Waals surface area contributed by atoms with E-state index >= 15 is 0 Å². The number of rotatable bonds is 7. The number of hydrogen-bond acceptors (Lipinski definition) is 4. The number of piperidine rings is 1. The molecule has 0 spiro atoms. The molecule has 1 aliphatic rings. The molecule has 1 fully saturated rings. The molecule has 6 heteroatoms. The van der Waals surface area contributed by atoms with E-state index in [-0.39, 0.29) is 30.3 Å². The molecular formula is C19H29N3O3. The molecule has 25 heavy (non-hydrogen) atoms. The van der Waals surface area contributed by atoms with Gasteiger partial charge in [0.2, 0.25) is 11.8 Å². The maximum atomic E-state index is 12.0. The summed E-state index contributed by atoms with van der Waals surface area (Å²) in [5.74, 6) is 0.364. The second-order valence-corrected chi connectivity index (χ2v) is 6.77. The molecule has 6 nitrogen and oxygen atoms in total. The highest BCUT2D eigenvalue weighted by molar-refractivity contribution is 5.97. The molecule has 1 aromatic rings. The lowest BCUT2D eigenvalue weighted by atomic mass is 10.1. The molecule has 1 aliphatic heterocycles. The van der Waals surface area contributed by atoms with Crippen molar-refractivity contribution in [1.82, 2.24) is 16.0 Å². The van der Waals surface area contributed by atoms with Crippen molar-refractivity contribution >= 4 is 11.8 Å². The number of aryl methyl sites for hydroxylation is 2. The maximum absolute atomic E-state index is 12.0. The van der Waals surface area contributed by atoms with Crippen LogP contribution in [-0.2, 0) is 9.59 Å². The van der Waals surface area contributed by atoms with E-state index in [0.717, 1.165) is 42.8 Å². The van der Waals surface area contributed by atoms with Crippen LogP contribution in [0.2, 0.25) is 0 Å². The predicted octanol–water partition coefficient (Wildman–Crippen LogP) is 1.45. The number of carbonyl (C=O) groups is 2. The Bertz CT molecular complexity index is 577. The zero-order chi connectivity index (χ0) is 18.2. The predicted molar refractivity (Wildman–Crippen MR) is 97.7 cm³/mol. The Kier molecular flexibility index (Phi) is 7.25. The summed E-state index contributed by atoms with van der Waals surface area (Å²) in [7, 11) is 0. The monoisotopic (exact) mass is 347 g/mol. The van der Waals surface area contributed by atoms with Crippen LogP contribution >= 0.6 is 0 Å². The molecular weight excluding hydrogens is 318 g/mol. The topological polar surface area (TPSA) is 79.5 Å². The SMILES string of the molecule is Cc1cccc(C)c1OCC(C)NC(=O)CC(=O)NC1CCNCC1. The number of ether oxygens (including phenoxy) is 1. The Morgan fingerprint density at radius 1 is 1.20 bits per heavy atom. The van der Waals surface area contributed by atoms with Gasteiger partial charge in [0.1, 0.15) is 18.8 Å². The van der Waals surface area contributed by atoms with Crippen LogP contribution in [-0.4, -0.2) is 43.6 Å². The molecule has 1 atom stereocenters. The summed E-state index contributed by atoms with van der Waals surface area (Å²) in [6.45, 7) is 8.05. The van der Waals surface area contributed by atoms with E-state index in [1.54, 1.807) is 0 Å². The van der Waals surface area contributed by atoms with Crippen LogP contribution in [0, 0.1) is 13.8 Å². The fourth-order valence-electron chi connectivity index (χ4n) is 2.99. The van der Waals surface area contributed by atoms with Crippen LogP contribution in [0.1, 0.15) is 37.3 Å². The number of benzene rings is 1. The van der Waals surface area contributed by atoms with Crippen molar-refractivity contribution in [2.24, 2.45) is 0 Å². The molecule has 2 amide bonds.